The van der Waals surface area contributed by atoms with Crippen molar-refractivity contribution in [2.75, 3.05) is 18.9 Å². The molecule has 1 aromatic rings. The van der Waals surface area contributed by atoms with Crippen LogP contribution in [0.25, 0.3) is 0 Å². The second-order valence-corrected chi connectivity index (χ2v) is 5.89. The van der Waals surface area contributed by atoms with Crippen LogP contribution in [-0.2, 0) is 6.54 Å². The highest BCUT2D eigenvalue weighted by atomic mass is 79.9. The maximum atomic E-state index is 4.39. The lowest BCUT2D eigenvalue weighted by Gasteiger charge is -2.31. The summed E-state index contributed by atoms with van der Waals surface area (Å²) in [6, 6.07) is 6.14. The Balaban J connectivity index is 1.90. The number of pyridine rings is 1. The average Bonchev–Trinajstić information content (AvgIpc) is 2.79. The summed E-state index contributed by atoms with van der Waals surface area (Å²) >= 11 is 3.71. The first-order chi connectivity index (χ1) is 8.24. The van der Waals surface area contributed by atoms with Crippen LogP contribution in [0.5, 0.6) is 0 Å². The highest BCUT2D eigenvalue weighted by Gasteiger charge is 2.33. The molecule has 1 saturated carbocycles. The van der Waals surface area contributed by atoms with E-state index in [1.807, 2.05) is 12.3 Å². The standard InChI is InChI=1S/C14H21BrN2/c1-17(10-13-6-2-5-9-16-13)12-14(11-15)7-3-4-8-14/h2,5-6,9H,3-4,7-8,10-12H2,1H3. The number of aromatic nitrogens is 1. The molecule has 0 radical (unpaired) electrons. The van der Waals surface area contributed by atoms with Gasteiger partial charge in [0.15, 0.2) is 0 Å². The Hall–Kier alpha value is -0.410. The zero-order valence-electron chi connectivity index (χ0n) is 10.5. The predicted molar refractivity (Wildman–Crippen MR) is 75.3 cm³/mol. The Morgan fingerprint density at radius 1 is 1.35 bits per heavy atom. The fourth-order valence-electron chi connectivity index (χ4n) is 2.86. The van der Waals surface area contributed by atoms with E-state index in [1.54, 1.807) is 0 Å². The van der Waals surface area contributed by atoms with Gasteiger partial charge in [-0.15, -0.1) is 0 Å². The van der Waals surface area contributed by atoms with Gasteiger partial charge < -0.3 is 0 Å². The van der Waals surface area contributed by atoms with Crippen LogP contribution in [0.3, 0.4) is 0 Å². The average molecular weight is 297 g/mol. The van der Waals surface area contributed by atoms with Gasteiger partial charge in [0.05, 0.1) is 5.69 Å². The molecule has 0 amide bonds. The van der Waals surface area contributed by atoms with E-state index in [1.165, 1.54) is 32.2 Å². The summed E-state index contributed by atoms with van der Waals surface area (Å²) in [5.74, 6) is 0. The maximum absolute atomic E-state index is 4.39. The molecule has 0 spiro atoms. The van der Waals surface area contributed by atoms with Gasteiger partial charge in [-0.2, -0.15) is 0 Å². The number of rotatable bonds is 5. The van der Waals surface area contributed by atoms with Crippen molar-refractivity contribution in [2.24, 2.45) is 5.41 Å². The SMILES string of the molecule is CN(Cc1ccccn1)CC1(CBr)CCCC1. The lowest BCUT2D eigenvalue weighted by atomic mass is 9.88. The van der Waals surface area contributed by atoms with Crippen LogP contribution >= 0.6 is 15.9 Å². The smallest absolute Gasteiger partial charge is 0.0543 e. The van der Waals surface area contributed by atoms with Gasteiger partial charge >= 0.3 is 0 Å². The molecule has 0 bridgehead atoms. The molecule has 0 atom stereocenters. The molecule has 3 heteroatoms. The molecule has 17 heavy (non-hydrogen) atoms. The van der Waals surface area contributed by atoms with Crippen LogP contribution in [0.15, 0.2) is 24.4 Å². The Kier molecular flexibility index (Phi) is 4.57. The minimum absolute atomic E-state index is 0.504. The molecule has 0 unspecified atom stereocenters. The largest absolute Gasteiger partial charge is 0.300 e. The first-order valence-corrected chi connectivity index (χ1v) is 7.51. The van der Waals surface area contributed by atoms with Crippen LogP contribution in [-0.4, -0.2) is 28.8 Å². The van der Waals surface area contributed by atoms with Gasteiger partial charge in [-0.3, -0.25) is 9.88 Å². The van der Waals surface area contributed by atoms with Gasteiger partial charge in [-0.05, 0) is 37.4 Å². The summed E-state index contributed by atoms with van der Waals surface area (Å²) in [5.41, 5.74) is 1.67. The van der Waals surface area contributed by atoms with Crippen molar-refractivity contribution >= 4 is 15.9 Å². The second kappa shape index (κ2) is 5.96. The molecule has 0 N–H and O–H groups in total. The Morgan fingerprint density at radius 2 is 2.12 bits per heavy atom. The summed E-state index contributed by atoms with van der Waals surface area (Å²) in [7, 11) is 2.21. The van der Waals surface area contributed by atoms with Crippen LogP contribution < -0.4 is 0 Å². The zero-order chi connectivity index (χ0) is 12.1. The van der Waals surface area contributed by atoms with Crippen LogP contribution in [0.2, 0.25) is 0 Å². The molecule has 1 fully saturated rings. The van der Waals surface area contributed by atoms with Crippen LogP contribution in [0.1, 0.15) is 31.4 Å². The van der Waals surface area contributed by atoms with E-state index < -0.39 is 0 Å². The predicted octanol–water partition coefficient (Wildman–Crippen LogP) is 3.47. The fraction of sp³-hybridized carbons (Fsp3) is 0.643. The van der Waals surface area contributed by atoms with E-state index in [2.05, 4.69) is 45.0 Å². The minimum atomic E-state index is 0.504. The topological polar surface area (TPSA) is 16.1 Å². The molecule has 2 nitrogen and oxygen atoms in total. The van der Waals surface area contributed by atoms with Crippen molar-refractivity contribution in [2.45, 2.75) is 32.2 Å². The van der Waals surface area contributed by atoms with Crippen molar-refractivity contribution in [1.29, 1.82) is 0 Å². The number of nitrogens with zero attached hydrogens (tertiary/aromatic N) is 2. The summed E-state index contributed by atoms with van der Waals surface area (Å²) < 4.78 is 0. The number of halogens is 1. The van der Waals surface area contributed by atoms with Crippen molar-refractivity contribution in [1.82, 2.24) is 9.88 Å². The highest BCUT2D eigenvalue weighted by molar-refractivity contribution is 9.09. The summed E-state index contributed by atoms with van der Waals surface area (Å²) in [6.45, 7) is 2.13. The third-order valence-electron chi connectivity index (χ3n) is 3.71. The molecular weight excluding hydrogens is 276 g/mol. The third kappa shape index (κ3) is 3.52. The fourth-order valence-corrected chi connectivity index (χ4v) is 3.59. The van der Waals surface area contributed by atoms with Gasteiger partial charge in [0.25, 0.3) is 0 Å². The Labute approximate surface area is 113 Å². The summed E-state index contributed by atoms with van der Waals surface area (Å²) in [6.07, 6.45) is 7.39. The molecule has 0 aromatic carbocycles. The normalized spacial score (nSPS) is 18.8. The van der Waals surface area contributed by atoms with Crippen molar-refractivity contribution in [3.63, 3.8) is 0 Å². The molecule has 1 aliphatic rings. The Bertz CT molecular complexity index is 333. The first kappa shape index (κ1) is 13.0. The second-order valence-electron chi connectivity index (χ2n) is 5.33. The Morgan fingerprint density at radius 3 is 2.71 bits per heavy atom. The van der Waals surface area contributed by atoms with E-state index in [0.717, 1.165) is 17.6 Å². The van der Waals surface area contributed by atoms with Gasteiger partial charge in [-0.1, -0.05) is 34.8 Å². The third-order valence-corrected chi connectivity index (χ3v) is 4.90. The summed E-state index contributed by atoms with van der Waals surface area (Å²) in [5, 5.41) is 1.13. The lowest BCUT2D eigenvalue weighted by molar-refractivity contribution is 0.195. The molecule has 1 aromatic heterocycles. The maximum Gasteiger partial charge on any atom is 0.0543 e. The molecule has 0 aliphatic heterocycles. The van der Waals surface area contributed by atoms with Gasteiger partial charge in [0.2, 0.25) is 0 Å². The molecule has 1 aliphatic carbocycles. The van der Waals surface area contributed by atoms with Crippen LogP contribution in [0.4, 0.5) is 0 Å². The van der Waals surface area contributed by atoms with Crippen molar-refractivity contribution in [3.05, 3.63) is 30.1 Å². The van der Waals surface area contributed by atoms with Gasteiger partial charge in [0.1, 0.15) is 0 Å². The lowest BCUT2D eigenvalue weighted by Crippen LogP contribution is -2.34. The molecule has 94 valence electrons. The van der Waals surface area contributed by atoms with E-state index in [4.69, 9.17) is 0 Å². The summed E-state index contributed by atoms with van der Waals surface area (Å²) in [4.78, 5) is 6.80. The highest BCUT2D eigenvalue weighted by Crippen LogP contribution is 2.40. The quantitative estimate of drug-likeness (QED) is 0.774. The number of hydrogen-bond acceptors (Lipinski definition) is 2. The monoisotopic (exact) mass is 296 g/mol. The first-order valence-electron chi connectivity index (χ1n) is 6.39. The van der Waals surface area contributed by atoms with Gasteiger partial charge in [0, 0.05) is 24.6 Å². The zero-order valence-corrected chi connectivity index (χ0v) is 12.1. The molecule has 0 saturated heterocycles. The molecule has 1 heterocycles. The van der Waals surface area contributed by atoms with Gasteiger partial charge in [-0.25, -0.2) is 0 Å². The molecular formula is C14H21BrN2. The number of alkyl halides is 1. The van der Waals surface area contributed by atoms with Crippen molar-refractivity contribution in [3.8, 4) is 0 Å². The van der Waals surface area contributed by atoms with E-state index in [-0.39, 0.29) is 0 Å². The van der Waals surface area contributed by atoms with Crippen molar-refractivity contribution < 1.29 is 0 Å². The van der Waals surface area contributed by atoms with E-state index >= 15 is 0 Å². The minimum Gasteiger partial charge on any atom is -0.300 e. The number of hydrogen-bond donors (Lipinski definition) is 0. The van der Waals surface area contributed by atoms with E-state index in [0.29, 0.717) is 5.41 Å². The van der Waals surface area contributed by atoms with Crippen LogP contribution in [0, 0.1) is 5.41 Å². The molecule has 2 rings (SSSR count). The van der Waals surface area contributed by atoms with E-state index in [9.17, 15) is 0 Å².